The quantitative estimate of drug-likeness (QED) is 0.601. The van der Waals surface area contributed by atoms with Crippen LogP contribution in [0.2, 0.25) is 0 Å². The second-order valence-electron chi connectivity index (χ2n) is 6.62. The Morgan fingerprint density at radius 1 is 1.34 bits per heavy atom. The third-order valence-electron chi connectivity index (χ3n) is 4.34. The molecule has 9 nitrogen and oxygen atoms in total. The molecule has 0 bridgehead atoms. The lowest BCUT2D eigenvalue weighted by Gasteiger charge is -2.29. The van der Waals surface area contributed by atoms with Crippen molar-refractivity contribution in [2.45, 2.75) is 39.8 Å². The minimum atomic E-state index is -0.435. The zero-order valence-corrected chi connectivity index (χ0v) is 17.5. The lowest BCUT2D eigenvalue weighted by Crippen LogP contribution is -2.51. The summed E-state index contributed by atoms with van der Waals surface area (Å²) < 4.78 is 11.0. The molecule has 10 heteroatoms. The van der Waals surface area contributed by atoms with E-state index in [1.54, 1.807) is 13.8 Å². The summed E-state index contributed by atoms with van der Waals surface area (Å²) in [6.45, 7) is 7.33. The van der Waals surface area contributed by atoms with Gasteiger partial charge in [0, 0.05) is 12.2 Å². The van der Waals surface area contributed by atoms with Gasteiger partial charge in [-0.05, 0) is 38.3 Å². The molecule has 0 unspecified atom stereocenters. The molecule has 0 radical (unpaired) electrons. The SMILES string of the molecule is CCCN(CC1=C(C(=O)OCC)[C@H](C)NC(=O)N1)Cc1nnc(-c2cccs2)o1. The molecule has 3 heterocycles. The van der Waals surface area contributed by atoms with Crippen LogP contribution >= 0.6 is 11.3 Å². The monoisotopic (exact) mass is 419 g/mol. The van der Waals surface area contributed by atoms with E-state index in [-0.39, 0.29) is 12.6 Å². The zero-order chi connectivity index (χ0) is 20.8. The number of esters is 1. The molecule has 2 N–H and O–H groups in total. The summed E-state index contributed by atoms with van der Waals surface area (Å²) in [7, 11) is 0. The van der Waals surface area contributed by atoms with Gasteiger partial charge in [-0.3, -0.25) is 4.90 Å². The molecule has 1 aliphatic heterocycles. The van der Waals surface area contributed by atoms with Crippen LogP contribution in [0.25, 0.3) is 10.8 Å². The molecule has 0 fully saturated rings. The van der Waals surface area contributed by atoms with Crippen LogP contribution in [0.5, 0.6) is 0 Å². The Morgan fingerprint density at radius 2 is 2.17 bits per heavy atom. The first kappa shape index (κ1) is 21.0. The van der Waals surface area contributed by atoms with Crippen LogP contribution in [-0.2, 0) is 16.1 Å². The number of ether oxygens (including phenoxy) is 1. The average molecular weight is 420 g/mol. The van der Waals surface area contributed by atoms with Gasteiger partial charge in [-0.25, -0.2) is 9.59 Å². The highest BCUT2D eigenvalue weighted by Crippen LogP contribution is 2.23. The van der Waals surface area contributed by atoms with Crippen molar-refractivity contribution < 1.29 is 18.7 Å². The largest absolute Gasteiger partial charge is 0.463 e. The Kier molecular flexibility index (Phi) is 6.99. The molecule has 0 saturated carbocycles. The normalized spacial score (nSPS) is 16.7. The van der Waals surface area contributed by atoms with Crippen LogP contribution in [0, 0.1) is 0 Å². The molecule has 2 amide bonds. The molecule has 0 spiro atoms. The average Bonchev–Trinajstić information content (AvgIpc) is 3.33. The number of hydrogen-bond donors (Lipinski definition) is 2. The van der Waals surface area contributed by atoms with E-state index in [0.29, 0.717) is 36.1 Å². The van der Waals surface area contributed by atoms with Gasteiger partial charge in [0.25, 0.3) is 5.89 Å². The third kappa shape index (κ3) is 5.21. The second kappa shape index (κ2) is 9.66. The Bertz CT molecular complexity index is 877. The fourth-order valence-electron chi connectivity index (χ4n) is 3.17. The van der Waals surface area contributed by atoms with Gasteiger partial charge >= 0.3 is 12.0 Å². The maximum Gasteiger partial charge on any atom is 0.337 e. The molecule has 2 aromatic heterocycles. The van der Waals surface area contributed by atoms with Gasteiger partial charge in [0.1, 0.15) is 0 Å². The number of carbonyl (C=O) groups is 2. The van der Waals surface area contributed by atoms with Crippen LogP contribution < -0.4 is 10.6 Å². The van der Waals surface area contributed by atoms with E-state index in [1.165, 1.54) is 11.3 Å². The highest BCUT2D eigenvalue weighted by atomic mass is 32.1. The van der Waals surface area contributed by atoms with E-state index in [2.05, 4.69) is 32.7 Å². The summed E-state index contributed by atoms with van der Waals surface area (Å²) in [5, 5.41) is 15.7. The van der Waals surface area contributed by atoms with Crippen molar-refractivity contribution in [3.63, 3.8) is 0 Å². The van der Waals surface area contributed by atoms with E-state index < -0.39 is 12.0 Å². The van der Waals surface area contributed by atoms with Crippen LogP contribution in [-0.4, -0.2) is 52.8 Å². The number of nitrogens with zero attached hydrogens (tertiary/aromatic N) is 3. The standard InChI is InChI=1S/C19H25N5O4S/c1-4-8-24(11-15-22-23-17(28-15)14-7-6-9-29-14)10-13-16(18(25)27-5-2)12(3)20-19(26)21-13/h6-7,9,12H,4-5,8,10-11H2,1-3H3,(H2,20,21,26)/t12-/m0/s1. The third-order valence-corrected chi connectivity index (χ3v) is 5.20. The van der Waals surface area contributed by atoms with Crippen molar-refractivity contribution in [3.05, 3.63) is 34.7 Å². The van der Waals surface area contributed by atoms with Gasteiger partial charge in [0.05, 0.1) is 29.6 Å². The lowest BCUT2D eigenvalue weighted by molar-refractivity contribution is -0.139. The highest BCUT2D eigenvalue weighted by Gasteiger charge is 2.30. The Balaban J connectivity index is 1.79. The van der Waals surface area contributed by atoms with Crippen molar-refractivity contribution in [2.24, 2.45) is 0 Å². The van der Waals surface area contributed by atoms with Crippen LogP contribution in [0.4, 0.5) is 4.79 Å². The van der Waals surface area contributed by atoms with Crippen molar-refractivity contribution >= 4 is 23.3 Å². The summed E-state index contributed by atoms with van der Waals surface area (Å²) in [6.07, 6.45) is 0.885. The van der Waals surface area contributed by atoms with Gasteiger partial charge in [0.2, 0.25) is 5.89 Å². The molecular formula is C19H25N5O4S. The van der Waals surface area contributed by atoms with Crippen molar-refractivity contribution in [1.29, 1.82) is 0 Å². The van der Waals surface area contributed by atoms with E-state index >= 15 is 0 Å². The number of rotatable bonds is 9. The molecule has 3 rings (SSSR count). The van der Waals surface area contributed by atoms with Crippen molar-refractivity contribution in [2.75, 3.05) is 19.7 Å². The maximum absolute atomic E-state index is 12.4. The van der Waals surface area contributed by atoms with Gasteiger partial charge in [-0.2, -0.15) is 0 Å². The molecule has 2 aromatic rings. The second-order valence-corrected chi connectivity index (χ2v) is 7.57. The summed E-state index contributed by atoms with van der Waals surface area (Å²) in [5.41, 5.74) is 0.962. The number of hydrogen-bond acceptors (Lipinski definition) is 8. The zero-order valence-electron chi connectivity index (χ0n) is 16.7. The Labute approximate surface area is 173 Å². The molecule has 0 aliphatic carbocycles. The predicted octanol–water partition coefficient (Wildman–Crippen LogP) is 2.53. The Hall–Kier alpha value is -2.72. The minimum absolute atomic E-state index is 0.266. The molecule has 1 atom stereocenters. The smallest absolute Gasteiger partial charge is 0.337 e. The van der Waals surface area contributed by atoms with Crippen LogP contribution in [0.3, 0.4) is 0 Å². The van der Waals surface area contributed by atoms with Crippen LogP contribution in [0.15, 0.2) is 33.2 Å². The summed E-state index contributed by atoms with van der Waals surface area (Å²) in [5.74, 6) is 0.534. The van der Waals surface area contributed by atoms with E-state index in [1.807, 2.05) is 17.5 Å². The molecule has 156 valence electrons. The summed E-state index contributed by atoms with van der Waals surface area (Å²) in [4.78, 5) is 27.4. The van der Waals surface area contributed by atoms with Gasteiger partial charge < -0.3 is 19.8 Å². The molecular weight excluding hydrogens is 394 g/mol. The maximum atomic E-state index is 12.4. The van der Waals surface area contributed by atoms with Gasteiger partial charge in [0.15, 0.2) is 0 Å². The van der Waals surface area contributed by atoms with E-state index in [0.717, 1.165) is 17.8 Å². The lowest BCUT2D eigenvalue weighted by atomic mass is 10.0. The van der Waals surface area contributed by atoms with E-state index in [9.17, 15) is 9.59 Å². The minimum Gasteiger partial charge on any atom is -0.463 e. The fraction of sp³-hybridized carbons (Fsp3) is 0.474. The number of nitrogens with one attached hydrogen (secondary N) is 2. The fourth-order valence-corrected chi connectivity index (χ4v) is 3.81. The van der Waals surface area contributed by atoms with Crippen LogP contribution in [0.1, 0.15) is 33.1 Å². The molecule has 0 saturated heterocycles. The van der Waals surface area contributed by atoms with Crippen molar-refractivity contribution in [3.8, 4) is 10.8 Å². The van der Waals surface area contributed by atoms with E-state index in [4.69, 9.17) is 9.15 Å². The predicted molar refractivity (Wildman–Crippen MR) is 108 cm³/mol. The first-order chi connectivity index (χ1) is 14.0. The number of amides is 2. The molecule has 1 aliphatic rings. The molecule has 29 heavy (non-hydrogen) atoms. The Morgan fingerprint density at radius 3 is 2.86 bits per heavy atom. The first-order valence-electron chi connectivity index (χ1n) is 9.58. The number of urea groups is 1. The number of aromatic nitrogens is 2. The summed E-state index contributed by atoms with van der Waals surface area (Å²) in [6, 6.07) is 3.08. The van der Waals surface area contributed by atoms with Gasteiger partial charge in [-0.15, -0.1) is 21.5 Å². The highest BCUT2D eigenvalue weighted by molar-refractivity contribution is 7.13. The molecule has 0 aromatic carbocycles. The number of carbonyl (C=O) groups excluding carboxylic acids is 2. The van der Waals surface area contributed by atoms with Gasteiger partial charge in [-0.1, -0.05) is 13.0 Å². The number of thiophene rings is 1. The first-order valence-corrected chi connectivity index (χ1v) is 10.5. The van der Waals surface area contributed by atoms with Crippen molar-refractivity contribution in [1.82, 2.24) is 25.7 Å². The topological polar surface area (TPSA) is 110 Å². The summed E-state index contributed by atoms with van der Waals surface area (Å²) >= 11 is 1.53.